The number of ether oxygens (including phenoxy) is 1. The second kappa shape index (κ2) is 7.56. The number of aliphatic hydroxyl groups is 1. The lowest BCUT2D eigenvalue weighted by molar-refractivity contribution is 0.102. The van der Waals surface area contributed by atoms with Gasteiger partial charge in [-0.2, -0.15) is 0 Å². The standard InChI is InChI=1S/C17H20N2O3/c1-3-12(2)22-15-6-4-13(5-7-15)17(21)19-16-10-18-9-8-14(16)11-20/h4-10,12,20H,3,11H2,1-2H3,(H,19,21). The molecule has 1 aromatic heterocycles. The van der Waals surface area contributed by atoms with Crippen LogP contribution in [-0.4, -0.2) is 22.1 Å². The van der Waals surface area contributed by atoms with Crippen LogP contribution in [0.2, 0.25) is 0 Å². The molecule has 2 rings (SSSR count). The molecular formula is C17H20N2O3. The number of aromatic nitrogens is 1. The van der Waals surface area contributed by atoms with Gasteiger partial charge in [-0.3, -0.25) is 9.78 Å². The number of hydrogen-bond donors (Lipinski definition) is 2. The first-order valence-corrected chi connectivity index (χ1v) is 7.25. The van der Waals surface area contributed by atoms with Crippen molar-refractivity contribution in [1.29, 1.82) is 0 Å². The van der Waals surface area contributed by atoms with Gasteiger partial charge in [0.1, 0.15) is 5.75 Å². The Morgan fingerprint density at radius 1 is 1.32 bits per heavy atom. The van der Waals surface area contributed by atoms with Gasteiger partial charge in [-0.05, 0) is 43.7 Å². The van der Waals surface area contributed by atoms with Gasteiger partial charge in [0.2, 0.25) is 0 Å². The van der Waals surface area contributed by atoms with Crippen LogP contribution >= 0.6 is 0 Å². The van der Waals surface area contributed by atoms with Crippen molar-refractivity contribution in [2.75, 3.05) is 5.32 Å². The minimum Gasteiger partial charge on any atom is -0.491 e. The normalized spacial score (nSPS) is 11.8. The summed E-state index contributed by atoms with van der Waals surface area (Å²) in [7, 11) is 0. The molecule has 0 radical (unpaired) electrons. The molecule has 116 valence electrons. The summed E-state index contributed by atoms with van der Waals surface area (Å²) in [6.07, 6.45) is 4.15. The van der Waals surface area contributed by atoms with Crippen molar-refractivity contribution in [2.45, 2.75) is 33.0 Å². The summed E-state index contributed by atoms with van der Waals surface area (Å²) >= 11 is 0. The maximum absolute atomic E-state index is 12.2. The van der Waals surface area contributed by atoms with Crippen LogP contribution in [0.15, 0.2) is 42.7 Å². The van der Waals surface area contributed by atoms with E-state index in [-0.39, 0.29) is 18.6 Å². The fourth-order valence-electron chi connectivity index (χ4n) is 1.87. The molecule has 0 bridgehead atoms. The Bertz CT molecular complexity index is 626. The van der Waals surface area contributed by atoms with E-state index in [1.165, 1.54) is 6.20 Å². The number of carbonyl (C=O) groups is 1. The minimum absolute atomic E-state index is 0.141. The van der Waals surface area contributed by atoms with Gasteiger partial charge in [-0.1, -0.05) is 6.92 Å². The van der Waals surface area contributed by atoms with Crippen molar-refractivity contribution in [1.82, 2.24) is 4.98 Å². The lowest BCUT2D eigenvalue weighted by atomic mass is 10.2. The third-order valence-corrected chi connectivity index (χ3v) is 3.36. The Kier molecular flexibility index (Phi) is 5.49. The van der Waals surface area contributed by atoms with Crippen molar-refractivity contribution in [3.05, 3.63) is 53.9 Å². The monoisotopic (exact) mass is 300 g/mol. The molecule has 1 aromatic carbocycles. The Morgan fingerprint density at radius 2 is 2.05 bits per heavy atom. The lowest BCUT2D eigenvalue weighted by Crippen LogP contribution is -2.14. The van der Waals surface area contributed by atoms with E-state index in [0.717, 1.165) is 12.2 Å². The van der Waals surface area contributed by atoms with E-state index in [0.29, 0.717) is 16.8 Å². The van der Waals surface area contributed by atoms with Crippen molar-refractivity contribution in [3.63, 3.8) is 0 Å². The molecule has 0 spiro atoms. The third kappa shape index (κ3) is 4.05. The SMILES string of the molecule is CCC(C)Oc1ccc(C(=O)Nc2cnccc2CO)cc1. The first kappa shape index (κ1) is 16.0. The van der Waals surface area contributed by atoms with Gasteiger partial charge in [0.25, 0.3) is 5.91 Å². The molecule has 0 saturated heterocycles. The Hall–Kier alpha value is -2.40. The summed E-state index contributed by atoms with van der Waals surface area (Å²) in [4.78, 5) is 16.2. The topological polar surface area (TPSA) is 71.5 Å². The highest BCUT2D eigenvalue weighted by Gasteiger charge is 2.09. The molecule has 0 aliphatic heterocycles. The highest BCUT2D eigenvalue weighted by molar-refractivity contribution is 6.04. The molecule has 0 aliphatic carbocycles. The summed E-state index contributed by atoms with van der Waals surface area (Å²) in [5, 5.41) is 12.0. The maximum atomic E-state index is 12.2. The molecule has 2 aromatic rings. The van der Waals surface area contributed by atoms with Gasteiger partial charge >= 0.3 is 0 Å². The average molecular weight is 300 g/mol. The predicted octanol–water partition coefficient (Wildman–Crippen LogP) is 3.00. The van der Waals surface area contributed by atoms with Crippen LogP contribution in [0.3, 0.4) is 0 Å². The van der Waals surface area contributed by atoms with Gasteiger partial charge in [0.05, 0.1) is 24.6 Å². The number of nitrogens with one attached hydrogen (secondary N) is 1. The third-order valence-electron chi connectivity index (χ3n) is 3.36. The van der Waals surface area contributed by atoms with Crippen molar-refractivity contribution < 1.29 is 14.6 Å². The number of pyridine rings is 1. The molecular weight excluding hydrogens is 280 g/mol. The Balaban J connectivity index is 2.06. The van der Waals surface area contributed by atoms with Crippen molar-refractivity contribution in [2.24, 2.45) is 0 Å². The van der Waals surface area contributed by atoms with Crippen molar-refractivity contribution >= 4 is 11.6 Å². The van der Waals surface area contributed by atoms with E-state index < -0.39 is 0 Å². The minimum atomic E-state index is -0.252. The fraction of sp³-hybridized carbons (Fsp3) is 0.294. The molecule has 1 unspecified atom stereocenters. The van der Waals surface area contributed by atoms with Gasteiger partial charge in [0.15, 0.2) is 0 Å². The van der Waals surface area contributed by atoms with Crippen LogP contribution < -0.4 is 10.1 Å². The van der Waals surface area contributed by atoms with Gasteiger partial charge < -0.3 is 15.2 Å². The van der Waals surface area contributed by atoms with Crippen LogP contribution in [0.25, 0.3) is 0 Å². The number of benzene rings is 1. The van der Waals surface area contributed by atoms with E-state index in [1.807, 2.05) is 6.92 Å². The molecule has 1 atom stereocenters. The summed E-state index contributed by atoms with van der Waals surface area (Å²) in [5.41, 5.74) is 1.65. The van der Waals surface area contributed by atoms with Gasteiger partial charge in [-0.25, -0.2) is 0 Å². The Labute approximate surface area is 130 Å². The molecule has 22 heavy (non-hydrogen) atoms. The van der Waals surface area contributed by atoms with E-state index in [9.17, 15) is 9.90 Å². The predicted molar refractivity (Wildman–Crippen MR) is 84.9 cm³/mol. The van der Waals surface area contributed by atoms with Crippen LogP contribution in [0.1, 0.15) is 36.2 Å². The number of carbonyl (C=O) groups excluding carboxylic acids is 1. The molecule has 1 amide bonds. The second-order valence-electron chi connectivity index (χ2n) is 5.01. The molecule has 2 N–H and O–H groups in total. The highest BCUT2D eigenvalue weighted by atomic mass is 16.5. The van der Waals surface area contributed by atoms with Crippen LogP contribution in [0.5, 0.6) is 5.75 Å². The fourth-order valence-corrected chi connectivity index (χ4v) is 1.87. The molecule has 0 aliphatic rings. The average Bonchev–Trinajstić information content (AvgIpc) is 2.55. The van der Waals surface area contributed by atoms with Crippen LogP contribution in [0, 0.1) is 0 Å². The summed E-state index contributed by atoms with van der Waals surface area (Å²) in [6.45, 7) is 3.90. The quantitative estimate of drug-likeness (QED) is 0.860. The van der Waals surface area contributed by atoms with Crippen molar-refractivity contribution in [3.8, 4) is 5.75 Å². The van der Waals surface area contributed by atoms with E-state index >= 15 is 0 Å². The van der Waals surface area contributed by atoms with Gasteiger partial charge in [0, 0.05) is 17.3 Å². The second-order valence-corrected chi connectivity index (χ2v) is 5.01. The zero-order valence-corrected chi connectivity index (χ0v) is 12.7. The smallest absolute Gasteiger partial charge is 0.255 e. The van der Waals surface area contributed by atoms with Crippen LogP contribution in [0.4, 0.5) is 5.69 Å². The molecule has 5 heteroatoms. The zero-order chi connectivity index (χ0) is 15.9. The first-order valence-electron chi connectivity index (χ1n) is 7.25. The number of rotatable bonds is 6. The molecule has 1 heterocycles. The number of anilines is 1. The number of amides is 1. The molecule has 0 saturated carbocycles. The van der Waals surface area contributed by atoms with E-state index in [2.05, 4.69) is 17.2 Å². The summed E-state index contributed by atoms with van der Waals surface area (Å²) in [6, 6.07) is 8.64. The largest absolute Gasteiger partial charge is 0.491 e. The number of aliphatic hydroxyl groups excluding tert-OH is 1. The maximum Gasteiger partial charge on any atom is 0.255 e. The lowest BCUT2D eigenvalue weighted by Gasteiger charge is -2.13. The van der Waals surface area contributed by atoms with E-state index in [4.69, 9.17) is 4.74 Å². The Morgan fingerprint density at radius 3 is 2.68 bits per heavy atom. The summed E-state index contributed by atoms with van der Waals surface area (Å²) < 4.78 is 5.68. The van der Waals surface area contributed by atoms with Crippen LogP contribution in [-0.2, 0) is 6.61 Å². The molecule has 5 nitrogen and oxygen atoms in total. The molecule has 0 fully saturated rings. The summed E-state index contributed by atoms with van der Waals surface area (Å²) in [5.74, 6) is 0.487. The first-order chi connectivity index (χ1) is 10.6. The van der Waals surface area contributed by atoms with Gasteiger partial charge in [-0.15, -0.1) is 0 Å². The zero-order valence-electron chi connectivity index (χ0n) is 12.7. The van der Waals surface area contributed by atoms with E-state index in [1.54, 1.807) is 36.5 Å². The number of nitrogens with zero attached hydrogens (tertiary/aromatic N) is 1. The number of hydrogen-bond acceptors (Lipinski definition) is 4. The highest BCUT2D eigenvalue weighted by Crippen LogP contribution is 2.17.